The Balaban J connectivity index is 2.17. The summed E-state index contributed by atoms with van der Waals surface area (Å²) in [6.07, 6.45) is 2.43. The number of carbonyl (C=O) groups excluding carboxylic acids is 1. The molecule has 1 heterocycles. The van der Waals surface area contributed by atoms with Crippen molar-refractivity contribution in [1.29, 1.82) is 0 Å². The Morgan fingerprint density at radius 3 is 2.94 bits per heavy atom. The molecule has 4 heteroatoms. The second-order valence-corrected chi connectivity index (χ2v) is 4.40. The second-order valence-electron chi connectivity index (χ2n) is 4.40. The Bertz CT molecular complexity index is 546. The molecule has 0 bridgehead atoms. The highest BCUT2D eigenvalue weighted by Crippen LogP contribution is 2.15. The number of aromatic nitrogens is 1. The van der Waals surface area contributed by atoms with Crippen LogP contribution in [-0.2, 0) is 0 Å². The highest BCUT2D eigenvalue weighted by atomic mass is 16.1. The van der Waals surface area contributed by atoms with Crippen molar-refractivity contribution in [3.8, 4) is 0 Å². The van der Waals surface area contributed by atoms with E-state index in [0.717, 1.165) is 17.3 Å². The third-order valence-corrected chi connectivity index (χ3v) is 2.78. The first-order chi connectivity index (χ1) is 8.68. The van der Waals surface area contributed by atoms with Gasteiger partial charge in [0.25, 0.3) is 5.91 Å². The van der Waals surface area contributed by atoms with Crippen LogP contribution in [0.15, 0.2) is 36.5 Å². The van der Waals surface area contributed by atoms with Crippen molar-refractivity contribution in [3.63, 3.8) is 0 Å². The summed E-state index contributed by atoms with van der Waals surface area (Å²) in [5, 5.41) is 3.75. The Kier molecular flexibility index (Phi) is 3.89. The molecule has 1 unspecified atom stereocenters. The van der Waals surface area contributed by atoms with Crippen molar-refractivity contribution in [3.05, 3.63) is 42.1 Å². The maximum absolute atomic E-state index is 12.1. The highest BCUT2D eigenvalue weighted by Gasteiger charge is 2.09. The molecule has 2 rings (SSSR count). The first-order valence-electron chi connectivity index (χ1n) is 6.06. The van der Waals surface area contributed by atoms with Gasteiger partial charge in [-0.25, -0.2) is 0 Å². The zero-order valence-corrected chi connectivity index (χ0v) is 10.4. The van der Waals surface area contributed by atoms with Crippen LogP contribution >= 0.6 is 0 Å². The van der Waals surface area contributed by atoms with Crippen LogP contribution in [0.3, 0.4) is 0 Å². The van der Waals surface area contributed by atoms with Crippen LogP contribution in [0.1, 0.15) is 23.7 Å². The molecule has 0 aliphatic rings. The number of fused-ring (bicyclic) bond motifs is 1. The number of para-hydroxylation sites is 1. The third kappa shape index (κ3) is 2.84. The van der Waals surface area contributed by atoms with Gasteiger partial charge in [0, 0.05) is 24.2 Å². The molecule has 0 fully saturated rings. The summed E-state index contributed by atoms with van der Waals surface area (Å²) >= 11 is 0. The number of nitrogens with one attached hydrogen (secondary N) is 1. The van der Waals surface area contributed by atoms with E-state index in [-0.39, 0.29) is 11.9 Å². The summed E-state index contributed by atoms with van der Waals surface area (Å²) in [6, 6.07) is 9.45. The van der Waals surface area contributed by atoms with Crippen molar-refractivity contribution in [2.24, 2.45) is 5.73 Å². The summed E-state index contributed by atoms with van der Waals surface area (Å²) in [6.45, 7) is 2.52. The average Bonchev–Trinajstić information content (AvgIpc) is 2.37. The second kappa shape index (κ2) is 5.60. The third-order valence-electron chi connectivity index (χ3n) is 2.78. The summed E-state index contributed by atoms with van der Waals surface area (Å²) in [5.74, 6) is -0.0748. The fourth-order valence-corrected chi connectivity index (χ4v) is 1.80. The molecule has 0 aliphatic carbocycles. The first-order valence-corrected chi connectivity index (χ1v) is 6.06. The van der Waals surface area contributed by atoms with Gasteiger partial charge in [0.1, 0.15) is 0 Å². The molecule has 3 N–H and O–H groups in total. The van der Waals surface area contributed by atoms with E-state index in [4.69, 9.17) is 5.73 Å². The molecule has 18 heavy (non-hydrogen) atoms. The molecule has 4 nitrogen and oxygen atoms in total. The molecule has 0 saturated carbocycles. The van der Waals surface area contributed by atoms with Gasteiger partial charge in [0.05, 0.1) is 11.1 Å². The van der Waals surface area contributed by atoms with Crippen LogP contribution in [0.25, 0.3) is 10.9 Å². The largest absolute Gasteiger partial charge is 0.352 e. The van der Waals surface area contributed by atoms with Gasteiger partial charge in [0.15, 0.2) is 0 Å². The van der Waals surface area contributed by atoms with E-state index in [0.29, 0.717) is 12.1 Å². The number of nitrogens with two attached hydrogens (primary N) is 1. The summed E-state index contributed by atoms with van der Waals surface area (Å²) < 4.78 is 0. The fourth-order valence-electron chi connectivity index (χ4n) is 1.80. The van der Waals surface area contributed by atoms with Crippen molar-refractivity contribution in [2.75, 3.05) is 6.54 Å². The van der Waals surface area contributed by atoms with E-state index in [1.807, 2.05) is 31.2 Å². The van der Waals surface area contributed by atoms with Crippen LogP contribution in [0.2, 0.25) is 0 Å². The quantitative estimate of drug-likeness (QED) is 0.858. The SMILES string of the molecule is CC(N)CCNC(=O)c1ccnc2ccccc12. The minimum absolute atomic E-state index is 0.0748. The zero-order valence-electron chi connectivity index (χ0n) is 10.4. The van der Waals surface area contributed by atoms with Gasteiger partial charge in [-0.2, -0.15) is 0 Å². The highest BCUT2D eigenvalue weighted by molar-refractivity contribution is 6.05. The van der Waals surface area contributed by atoms with E-state index in [9.17, 15) is 4.79 Å². The minimum Gasteiger partial charge on any atom is -0.352 e. The number of nitrogens with zero attached hydrogens (tertiary/aromatic N) is 1. The molecule has 0 spiro atoms. The Morgan fingerprint density at radius 2 is 2.17 bits per heavy atom. The molecule has 94 valence electrons. The van der Waals surface area contributed by atoms with Gasteiger partial charge in [-0.1, -0.05) is 18.2 Å². The Morgan fingerprint density at radius 1 is 1.39 bits per heavy atom. The molecule has 1 atom stereocenters. The topological polar surface area (TPSA) is 68.0 Å². The van der Waals surface area contributed by atoms with Crippen LogP contribution in [0.4, 0.5) is 0 Å². The molecule has 1 aromatic heterocycles. The number of carbonyl (C=O) groups is 1. The number of hydrogen-bond acceptors (Lipinski definition) is 3. The molecular weight excluding hydrogens is 226 g/mol. The Hall–Kier alpha value is -1.94. The number of benzene rings is 1. The molecule has 1 amide bonds. The lowest BCUT2D eigenvalue weighted by Gasteiger charge is -2.09. The van der Waals surface area contributed by atoms with E-state index in [1.54, 1.807) is 12.3 Å². The summed E-state index contributed by atoms with van der Waals surface area (Å²) in [4.78, 5) is 16.3. The van der Waals surface area contributed by atoms with Crippen LogP contribution in [-0.4, -0.2) is 23.5 Å². The van der Waals surface area contributed by atoms with Gasteiger partial charge in [-0.05, 0) is 25.5 Å². The lowest BCUT2D eigenvalue weighted by atomic mass is 10.1. The first kappa shape index (κ1) is 12.5. The lowest BCUT2D eigenvalue weighted by Crippen LogP contribution is -2.29. The maximum atomic E-state index is 12.1. The smallest absolute Gasteiger partial charge is 0.252 e. The van der Waals surface area contributed by atoms with Gasteiger partial charge in [0.2, 0.25) is 0 Å². The Labute approximate surface area is 106 Å². The van der Waals surface area contributed by atoms with E-state index in [1.165, 1.54) is 0 Å². The molecule has 2 aromatic rings. The van der Waals surface area contributed by atoms with Crippen LogP contribution in [0.5, 0.6) is 0 Å². The summed E-state index contributed by atoms with van der Waals surface area (Å²) in [7, 11) is 0. The van der Waals surface area contributed by atoms with Crippen molar-refractivity contribution >= 4 is 16.8 Å². The fraction of sp³-hybridized carbons (Fsp3) is 0.286. The molecule has 1 aromatic carbocycles. The number of pyridine rings is 1. The van der Waals surface area contributed by atoms with Crippen molar-refractivity contribution in [1.82, 2.24) is 10.3 Å². The van der Waals surface area contributed by atoms with Gasteiger partial charge < -0.3 is 11.1 Å². The molecule has 0 aliphatic heterocycles. The van der Waals surface area contributed by atoms with E-state index in [2.05, 4.69) is 10.3 Å². The molecule has 0 radical (unpaired) electrons. The zero-order chi connectivity index (χ0) is 13.0. The maximum Gasteiger partial charge on any atom is 0.252 e. The van der Waals surface area contributed by atoms with Crippen molar-refractivity contribution in [2.45, 2.75) is 19.4 Å². The molecular formula is C14H17N3O. The lowest BCUT2D eigenvalue weighted by molar-refractivity contribution is 0.0954. The standard InChI is InChI=1S/C14H17N3O/c1-10(15)6-8-17-14(18)12-7-9-16-13-5-3-2-4-11(12)13/h2-5,7,9-10H,6,8,15H2,1H3,(H,17,18). The number of hydrogen-bond donors (Lipinski definition) is 2. The average molecular weight is 243 g/mol. The minimum atomic E-state index is -0.0748. The normalized spacial score (nSPS) is 12.3. The predicted molar refractivity (Wildman–Crippen MR) is 72.3 cm³/mol. The number of amides is 1. The van der Waals surface area contributed by atoms with Crippen molar-refractivity contribution < 1.29 is 4.79 Å². The van der Waals surface area contributed by atoms with Gasteiger partial charge in [-0.15, -0.1) is 0 Å². The van der Waals surface area contributed by atoms with E-state index < -0.39 is 0 Å². The monoisotopic (exact) mass is 243 g/mol. The number of rotatable bonds is 4. The van der Waals surface area contributed by atoms with Gasteiger partial charge >= 0.3 is 0 Å². The van der Waals surface area contributed by atoms with Crippen LogP contribution in [0, 0.1) is 0 Å². The van der Waals surface area contributed by atoms with E-state index >= 15 is 0 Å². The predicted octanol–water partition coefficient (Wildman–Crippen LogP) is 1.70. The molecule has 0 saturated heterocycles. The van der Waals surface area contributed by atoms with Gasteiger partial charge in [-0.3, -0.25) is 9.78 Å². The summed E-state index contributed by atoms with van der Waals surface area (Å²) in [5.41, 5.74) is 7.14. The van der Waals surface area contributed by atoms with Crippen LogP contribution < -0.4 is 11.1 Å².